The van der Waals surface area contributed by atoms with E-state index in [9.17, 15) is 22.8 Å². The van der Waals surface area contributed by atoms with Crippen LogP contribution in [0.3, 0.4) is 0 Å². The molecular formula is C21H25F3O5. The van der Waals surface area contributed by atoms with Crippen LogP contribution in [-0.4, -0.2) is 35.1 Å². The van der Waals surface area contributed by atoms with Gasteiger partial charge >= 0.3 is 18.1 Å². The molecule has 4 atom stereocenters. The molecular weight excluding hydrogens is 389 g/mol. The molecule has 0 aromatic rings. The van der Waals surface area contributed by atoms with Gasteiger partial charge in [0, 0.05) is 13.3 Å². The molecule has 4 aliphatic carbocycles. The van der Waals surface area contributed by atoms with E-state index in [-0.39, 0.29) is 12.1 Å². The molecule has 4 rings (SSSR count). The molecule has 0 aromatic carbocycles. The van der Waals surface area contributed by atoms with Crippen molar-refractivity contribution < 1.29 is 37.4 Å². The van der Waals surface area contributed by atoms with E-state index in [1.165, 1.54) is 30.9 Å². The fourth-order valence-electron chi connectivity index (χ4n) is 5.51. The van der Waals surface area contributed by atoms with Crippen LogP contribution < -0.4 is 0 Å². The molecule has 0 amide bonds. The van der Waals surface area contributed by atoms with E-state index >= 15 is 0 Å². The smallest absolute Gasteiger partial charge is 0.475 e. The Morgan fingerprint density at radius 3 is 2.34 bits per heavy atom. The van der Waals surface area contributed by atoms with Crippen LogP contribution in [0.4, 0.5) is 13.2 Å². The number of halogens is 3. The average molecular weight is 414 g/mol. The third-order valence-corrected chi connectivity index (χ3v) is 6.54. The first-order valence-electron chi connectivity index (χ1n) is 10.0. The van der Waals surface area contributed by atoms with E-state index in [2.05, 4.69) is 0 Å². The molecule has 0 aromatic heterocycles. The van der Waals surface area contributed by atoms with Crippen LogP contribution in [0.1, 0.15) is 58.3 Å². The van der Waals surface area contributed by atoms with Gasteiger partial charge in [-0.3, -0.25) is 9.59 Å². The zero-order valence-electron chi connectivity index (χ0n) is 16.3. The van der Waals surface area contributed by atoms with Gasteiger partial charge in [-0.05, 0) is 79.9 Å². The van der Waals surface area contributed by atoms with E-state index in [1.807, 2.05) is 6.08 Å². The van der Waals surface area contributed by atoms with Crippen molar-refractivity contribution in [2.24, 2.45) is 17.8 Å². The van der Waals surface area contributed by atoms with Crippen molar-refractivity contribution >= 4 is 17.7 Å². The Labute approximate surface area is 167 Å². The Kier molecular flexibility index (Phi) is 6.19. The Morgan fingerprint density at radius 2 is 1.72 bits per heavy atom. The van der Waals surface area contributed by atoms with Crippen molar-refractivity contribution in [1.82, 2.24) is 0 Å². The lowest BCUT2D eigenvalue weighted by atomic mass is 9.63. The minimum atomic E-state index is -5.08. The van der Waals surface area contributed by atoms with E-state index in [0.717, 1.165) is 32.1 Å². The number of carboxylic acids is 1. The predicted molar refractivity (Wildman–Crippen MR) is 96.8 cm³/mol. The minimum Gasteiger partial charge on any atom is -0.475 e. The first kappa shape index (κ1) is 21.6. The number of rotatable bonds is 1. The summed E-state index contributed by atoms with van der Waals surface area (Å²) in [6.45, 7) is 1.53. The molecule has 5 nitrogen and oxygen atoms in total. The highest BCUT2D eigenvalue weighted by atomic mass is 19.4. The Morgan fingerprint density at radius 1 is 1.03 bits per heavy atom. The number of ketones is 1. The number of esters is 1. The Balaban J connectivity index is 0.000000298. The summed E-state index contributed by atoms with van der Waals surface area (Å²) in [6, 6.07) is 0. The number of hydrogen-bond acceptors (Lipinski definition) is 4. The van der Waals surface area contributed by atoms with Gasteiger partial charge < -0.3 is 9.84 Å². The van der Waals surface area contributed by atoms with E-state index in [1.54, 1.807) is 5.57 Å². The van der Waals surface area contributed by atoms with Gasteiger partial charge in [0.05, 0.1) is 0 Å². The summed E-state index contributed by atoms with van der Waals surface area (Å²) in [7, 11) is 0. The van der Waals surface area contributed by atoms with Gasteiger partial charge in [0.15, 0.2) is 5.78 Å². The fourth-order valence-corrected chi connectivity index (χ4v) is 5.51. The van der Waals surface area contributed by atoms with Crippen molar-refractivity contribution in [2.75, 3.05) is 0 Å². The lowest BCUT2D eigenvalue weighted by Gasteiger charge is -2.42. The van der Waals surface area contributed by atoms with Crippen LogP contribution in [0, 0.1) is 17.8 Å². The largest absolute Gasteiger partial charge is 0.490 e. The van der Waals surface area contributed by atoms with Gasteiger partial charge in [-0.2, -0.15) is 13.2 Å². The van der Waals surface area contributed by atoms with E-state index in [0.29, 0.717) is 30.0 Å². The molecule has 0 radical (unpaired) electrons. The molecule has 8 heteroatoms. The normalized spacial score (nSPS) is 30.9. The summed E-state index contributed by atoms with van der Waals surface area (Å²) in [5.74, 6) is -0.641. The van der Waals surface area contributed by atoms with E-state index in [4.69, 9.17) is 14.6 Å². The number of carbonyl (C=O) groups excluding carboxylic acids is 2. The highest BCUT2D eigenvalue weighted by Gasteiger charge is 2.47. The quantitative estimate of drug-likeness (QED) is 0.645. The average Bonchev–Trinajstić information content (AvgIpc) is 3.03. The predicted octanol–water partition coefficient (Wildman–Crippen LogP) is 4.37. The van der Waals surface area contributed by atoms with Gasteiger partial charge in [0.2, 0.25) is 0 Å². The summed E-state index contributed by atoms with van der Waals surface area (Å²) in [5, 5.41) is 7.12. The maximum atomic E-state index is 11.7. The Bertz CT molecular complexity index is 765. The van der Waals surface area contributed by atoms with Crippen LogP contribution in [0.25, 0.3) is 0 Å². The van der Waals surface area contributed by atoms with Crippen LogP contribution in [0.2, 0.25) is 0 Å². The second kappa shape index (κ2) is 8.32. The SMILES string of the molecule is CC(=O)OC1CCC2C3CCC4=CC(=O)CCC4=C3CCC12.O=C(O)C(F)(F)F. The van der Waals surface area contributed by atoms with Gasteiger partial charge in [-0.15, -0.1) is 0 Å². The standard InChI is InChI=1S/C19H24O3.C2HF3O2/c1-11(20)22-19-9-8-17-16-4-2-12-10-13(21)3-5-14(12)15(16)6-7-18(17)19;3-2(4,5)1(6)7/h10,16-19H,2-9H2,1H3;(H,6,7). The molecule has 0 aliphatic heterocycles. The van der Waals surface area contributed by atoms with Crippen molar-refractivity contribution in [3.8, 4) is 0 Å². The second-order valence-electron chi connectivity index (χ2n) is 8.18. The molecule has 0 spiro atoms. The Hall–Kier alpha value is -2.12. The third kappa shape index (κ3) is 4.73. The molecule has 2 fully saturated rings. The number of alkyl halides is 3. The number of carbonyl (C=O) groups is 3. The highest BCUT2D eigenvalue weighted by Crippen LogP contribution is 2.54. The number of ether oxygens (including phenoxy) is 1. The maximum Gasteiger partial charge on any atom is 0.490 e. The molecule has 4 aliphatic rings. The summed E-state index contributed by atoms with van der Waals surface area (Å²) in [5.41, 5.74) is 4.50. The van der Waals surface area contributed by atoms with Crippen LogP contribution in [-0.2, 0) is 19.1 Å². The second-order valence-corrected chi connectivity index (χ2v) is 8.18. The molecule has 2 saturated carbocycles. The van der Waals surface area contributed by atoms with Gasteiger partial charge in [0.25, 0.3) is 0 Å². The highest BCUT2D eigenvalue weighted by molar-refractivity contribution is 5.93. The molecule has 0 saturated heterocycles. The molecule has 0 heterocycles. The number of hydrogen-bond donors (Lipinski definition) is 1. The summed E-state index contributed by atoms with van der Waals surface area (Å²) in [6.07, 6.45) is 5.41. The summed E-state index contributed by atoms with van der Waals surface area (Å²) < 4.78 is 37.3. The molecule has 0 bridgehead atoms. The van der Waals surface area contributed by atoms with Crippen molar-refractivity contribution in [2.45, 2.75) is 70.6 Å². The molecule has 160 valence electrons. The summed E-state index contributed by atoms with van der Waals surface area (Å²) >= 11 is 0. The van der Waals surface area contributed by atoms with Crippen molar-refractivity contribution in [3.05, 3.63) is 22.8 Å². The number of carboxylic acid groups (broad SMARTS) is 1. The third-order valence-electron chi connectivity index (χ3n) is 6.54. The minimum absolute atomic E-state index is 0.130. The zero-order chi connectivity index (χ0) is 21.3. The maximum absolute atomic E-state index is 11.7. The van der Waals surface area contributed by atoms with Crippen molar-refractivity contribution in [3.63, 3.8) is 0 Å². The van der Waals surface area contributed by atoms with Gasteiger partial charge in [-0.1, -0.05) is 5.57 Å². The molecule has 1 N–H and O–H groups in total. The van der Waals surface area contributed by atoms with Gasteiger partial charge in [0.1, 0.15) is 6.10 Å². The number of aliphatic carboxylic acids is 1. The molecule has 4 unspecified atom stereocenters. The lowest BCUT2D eigenvalue weighted by molar-refractivity contribution is -0.192. The van der Waals surface area contributed by atoms with Crippen molar-refractivity contribution in [1.29, 1.82) is 0 Å². The van der Waals surface area contributed by atoms with Crippen LogP contribution in [0.5, 0.6) is 0 Å². The van der Waals surface area contributed by atoms with Gasteiger partial charge in [-0.25, -0.2) is 4.79 Å². The molecule has 29 heavy (non-hydrogen) atoms. The van der Waals surface area contributed by atoms with E-state index < -0.39 is 12.1 Å². The summed E-state index contributed by atoms with van der Waals surface area (Å²) in [4.78, 5) is 31.9. The monoisotopic (exact) mass is 414 g/mol. The number of allylic oxidation sites excluding steroid dienone is 4. The zero-order valence-corrected chi connectivity index (χ0v) is 16.3. The first-order chi connectivity index (χ1) is 13.6. The topological polar surface area (TPSA) is 80.7 Å². The first-order valence-corrected chi connectivity index (χ1v) is 10.0. The fraction of sp³-hybridized carbons (Fsp3) is 0.667. The van der Waals surface area contributed by atoms with Crippen LogP contribution in [0.15, 0.2) is 22.8 Å². The number of fused-ring (bicyclic) bond motifs is 4. The lowest BCUT2D eigenvalue weighted by Crippen LogP contribution is -2.35. The van der Waals surface area contributed by atoms with Crippen LogP contribution >= 0.6 is 0 Å².